The molecule has 0 aromatic carbocycles. The second-order valence-corrected chi connectivity index (χ2v) is 11.6. The molecule has 0 aliphatic carbocycles. The number of rotatable bonds is 30. The number of carbonyl (C=O) groups excluding carboxylic acids is 2. The third-order valence-corrected chi connectivity index (χ3v) is 6.98. The first-order chi connectivity index (χ1) is 19.2. The number of hydrogen-bond donors (Lipinski definition) is 1. The SMILES string of the molecule is CCCCCCCCCCCCC(=O)O[C@H](COCOCCCCCCCCCCNC(C)=O)COP(=O)([O-])[O-].[Na+].[Na+]. The van der Waals surface area contributed by atoms with E-state index in [9.17, 15) is 23.9 Å². The molecule has 0 radical (unpaired) electrons. The van der Waals surface area contributed by atoms with Gasteiger partial charge >= 0.3 is 65.1 Å². The van der Waals surface area contributed by atoms with E-state index in [0.717, 1.165) is 57.9 Å². The van der Waals surface area contributed by atoms with Gasteiger partial charge in [0.1, 0.15) is 12.9 Å². The largest absolute Gasteiger partial charge is 1.00 e. The first kappa shape index (κ1) is 47.4. The van der Waals surface area contributed by atoms with Crippen molar-refractivity contribution in [3.05, 3.63) is 0 Å². The molecule has 0 unspecified atom stereocenters. The Balaban J connectivity index is -0.00000760. The second-order valence-electron chi connectivity index (χ2n) is 10.5. The van der Waals surface area contributed by atoms with E-state index in [1.165, 1.54) is 64.7 Å². The summed E-state index contributed by atoms with van der Waals surface area (Å²) in [5.74, 6) is -0.438. The van der Waals surface area contributed by atoms with Gasteiger partial charge in [-0.05, 0) is 19.3 Å². The monoisotopic (exact) mass is 639 g/mol. The van der Waals surface area contributed by atoms with Gasteiger partial charge in [0.05, 0.1) is 21.0 Å². The van der Waals surface area contributed by atoms with Gasteiger partial charge in [-0.2, -0.15) is 0 Å². The fraction of sp³-hybridized carbons (Fsp3) is 0.931. The number of unbranched alkanes of at least 4 members (excludes halogenated alkanes) is 16. The van der Waals surface area contributed by atoms with Crippen LogP contribution in [-0.4, -0.2) is 51.1 Å². The molecule has 0 rings (SSSR count). The van der Waals surface area contributed by atoms with Crippen LogP contribution in [0.25, 0.3) is 0 Å². The van der Waals surface area contributed by atoms with E-state index in [-0.39, 0.29) is 84.8 Å². The molecule has 0 saturated heterocycles. The quantitative estimate of drug-likeness (QED) is 0.0355. The molecule has 13 heteroatoms. The first-order valence-electron chi connectivity index (χ1n) is 15.5. The fourth-order valence-corrected chi connectivity index (χ4v) is 4.59. The maximum absolute atomic E-state index is 12.2. The van der Waals surface area contributed by atoms with E-state index in [1.807, 2.05) is 0 Å². The Bertz CT molecular complexity index is 657. The Morgan fingerprint density at radius 2 is 1.21 bits per heavy atom. The number of esters is 1. The van der Waals surface area contributed by atoms with Crippen LogP contribution in [-0.2, 0) is 32.9 Å². The summed E-state index contributed by atoms with van der Waals surface area (Å²) in [6, 6.07) is 0. The smallest absolute Gasteiger partial charge is 0.790 e. The predicted molar refractivity (Wildman–Crippen MR) is 152 cm³/mol. The van der Waals surface area contributed by atoms with Gasteiger partial charge in [0.25, 0.3) is 0 Å². The van der Waals surface area contributed by atoms with E-state index >= 15 is 0 Å². The third kappa shape index (κ3) is 39.0. The molecule has 0 aliphatic rings. The summed E-state index contributed by atoms with van der Waals surface area (Å²) in [7, 11) is -5.18. The van der Waals surface area contributed by atoms with Crippen molar-refractivity contribution >= 4 is 19.7 Å². The molecule has 10 nitrogen and oxygen atoms in total. The Morgan fingerprint density at radius 1 is 0.714 bits per heavy atom. The molecule has 238 valence electrons. The van der Waals surface area contributed by atoms with Gasteiger partial charge in [-0.25, -0.2) is 0 Å². The fourth-order valence-electron chi connectivity index (χ4n) is 4.24. The Morgan fingerprint density at radius 3 is 1.74 bits per heavy atom. The average Bonchev–Trinajstić information content (AvgIpc) is 2.89. The average molecular weight is 640 g/mol. The Kier molecular flexibility index (Phi) is 39.3. The normalized spacial score (nSPS) is 11.8. The van der Waals surface area contributed by atoms with E-state index in [1.54, 1.807) is 0 Å². The van der Waals surface area contributed by atoms with Gasteiger partial charge in [0.2, 0.25) is 5.91 Å². The van der Waals surface area contributed by atoms with E-state index < -0.39 is 26.5 Å². The van der Waals surface area contributed by atoms with Crippen molar-refractivity contribution in [3.63, 3.8) is 0 Å². The molecule has 42 heavy (non-hydrogen) atoms. The summed E-state index contributed by atoms with van der Waals surface area (Å²) >= 11 is 0. The molecule has 0 aliphatic heterocycles. The number of carbonyl (C=O) groups is 2. The topological polar surface area (TPSA) is 146 Å². The maximum Gasteiger partial charge on any atom is 1.00 e. The van der Waals surface area contributed by atoms with Gasteiger partial charge in [0, 0.05) is 26.5 Å². The predicted octanol–water partition coefficient (Wildman–Crippen LogP) is -0.690. The molecule has 0 aromatic heterocycles. The van der Waals surface area contributed by atoms with Gasteiger partial charge < -0.3 is 38.4 Å². The summed E-state index contributed by atoms with van der Waals surface area (Å²) < 4.78 is 31.3. The molecule has 1 atom stereocenters. The zero-order valence-electron chi connectivity index (χ0n) is 27.2. The minimum atomic E-state index is -5.18. The van der Waals surface area contributed by atoms with Crippen molar-refractivity contribution in [2.24, 2.45) is 0 Å². The van der Waals surface area contributed by atoms with Crippen LogP contribution in [0.3, 0.4) is 0 Å². The summed E-state index contributed by atoms with van der Waals surface area (Å²) in [5, 5.41) is 2.80. The van der Waals surface area contributed by atoms with Crippen LogP contribution in [0.2, 0.25) is 0 Å². The minimum Gasteiger partial charge on any atom is -0.790 e. The third-order valence-electron chi connectivity index (χ3n) is 6.51. The van der Waals surface area contributed by atoms with E-state index in [0.29, 0.717) is 13.0 Å². The number of phosphoric ester groups is 1. The minimum absolute atomic E-state index is 0. The van der Waals surface area contributed by atoms with Crippen LogP contribution in [0.1, 0.15) is 136 Å². The number of ether oxygens (including phenoxy) is 3. The number of phosphoric acid groups is 1. The van der Waals surface area contributed by atoms with Crippen LogP contribution in [0.4, 0.5) is 0 Å². The summed E-state index contributed by atoms with van der Waals surface area (Å²) in [6.45, 7) is 4.32. The molecule has 0 fully saturated rings. The molecule has 1 N–H and O–H groups in total. The number of hydrogen-bond acceptors (Lipinski definition) is 9. The van der Waals surface area contributed by atoms with E-state index in [2.05, 4.69) is 16.8 Å². The van der Waals surface area contributed by atoms with Gasteiger partial charge in [-0.3, -0.25) is 9.59 Å². The second kappa shape index (κ2) is 34.8. The van der Waals surface area contributed by atoms with Crippen molar-refractivity contribution in [2.45, 2.75) is 142 Å². The van der Waals surface area contributed by atoms with Crippen molar-refractivity contribution in [2.75, 3.05) is 33.2 Å². The van der Waals surface area contributed by atoms with Gasteiger partial charge in [-0.15, -0.1) is 0 Å². The summed E-state index contributed by atoms with van der Waals surface area (Å²) in [5.41, 5.74) is 0. The number of nitrogens with one attached hydrogen (secondary N) is 1. The summed E-state index contributed by atoms with van der Waals surface area (Å²) in [4.78, 5) is 44.7. The van der Waals surface area contributed by atoms with Crippen molar-refractivity contribution in [1.82, 2.24) is 5.32 Å². The van der Waals surface area contributed by atoms with E-state index in [4.69, 9.17) is 14.2 Å². The van der Waals surface area contributed by atoms with Gasteiger partial charge in [-0.1, -0.05) is 103 Å². The Labute approximate surface area is 299 Å². The molecule has 0 saturated carbocycles. The molecule has 0 spiro atoms. The zero-order valence-corrected chi connectivity index (χ0v) is 32.1. The van der Waals surface area contributed by atoms with Crippen LogP contribution in [0.5, 0.6) is 0 Å². The molecule has 0 heterocycles. The van der Waals surface area contributed by atoms with Crippen LogP contribution >= 0.6 is 7.82 Å². The van der Waals surface area contributed by atoms with Crippen LogP contribution in [0, 0.1) is 0 Å². The van der Waals surface area contributed by atoms with Gasteiger partial charge in [0.15, 0.2) is 0 Å². The van der Waals surface area contributed by atoms with Crippen LogP contribution < -0.4 is 74.2 Å². The summed E-state index contributed by atoms with van der Waals surface area (Å²) in [6.07, 6.45) is 19.5. The molecule has 1 amide bonds. The van der Waals surface area contributed by atoms with Crippen molar-refractivity contribution < 1.29 is 102 Å². The van der Waals surface area contributed by atoms with Crippen molar-refractivity contribution in [1.29, 1.82) is 0 Å². The Hall–Kier alpha value is 0.970. The molecule has 0 aromatic rings. The van der Waals surface area contributed by atoms with Crippen molar-refractivity contribution in [3.8, 4) is 0 Å². The maximum atomic E-state index is 12.2. The van der Waals surface area contributed by atoms with Crippen LogP contribution in [0.15, 0.2) is 0 Å². The zero-order chi connectivity index (χ0) is 29.7. The first-order valence-corrected chi connectivity index (χ1v) is 17.0. The molecular formula is C29H56NNa2O9P. The molecule has 0 bridgehead atoms. The number of amides is 1. The standard InChI is InChI=1S/C29H58NO9P.2Na/c1-3-4-5-6-7-8-9-12-15-18-21-29(32)39-28(25-38-40(33,34)35)24-37-26-36-23-20-17-14-11-10-13-16-19-22-30-27(2)31;;/h28H,3-26H2,1-2H3,(H,30,31)(H2,33,34,35);;/q;2*+1/p-2/t28-;;/m1../s1. The molecular weight excluding hydrogens is 583 g/mol.